The van der Waals surface area contributed by atoms with Crippen LogP contribution < -0.4 is 36.8 Å². The van der Waals surface area contributed by atoms with E-state index < -0.39 is 91.5 Å². The van der Waals surface area contributed by atoms with E-state index in [0.29, 0.717) is 12.0 Å². The van der Waals surface area contributed by atoms with Crippen LogP contribution in [0.2, 0.25) is 0 Å². The van der Waals surface area contributed by atoms with Gasteiger partial charge in [0.15, 0.2) is 0 Å². The Labute approximate surface area is 314 Å². The first-order valence-corrected chi connectivity index (χ1v) is 19.1. The fraction of sp³-hybridized carbons (Fsp3) is 0.618. The molecule has 1 unspecified atom stereocenters. The van der Waals surface area contributed by atoms with Gasteiger partial charge in [0.2, 0.25) is 41.4 Å². The Bertz CT molecular complexity index is 1570. The van der Waals surface area contributed by atoms with Gasteiger partial charge in [0.05, 0.1) is 6.10 Å². The van der Waals surface area contributed by atoms with Crippen LogP contribution in [0.25, 0.3) is 0 Å². The lowest BCUT2D eigenvalue weighted by Crippen LogP contribution is -2.61. The molecule has 1 aliphatic heterocycles. The van der Waals surface area contributed by atoms with Gasteiger partial charge in [-0.3, -0.25) is 43.3 Å². The first-order valence-electron chi connectivity index (χ1n) is 17.6. The average molecular weight is 784 g/mol. The Morgan fingerprint density at radius 1 is 0.852 bits per heavy atom. The number of carbonyl (C=O) groups is 7. The van der Waals surface area contributed by atoms with E-state index >= 15 is 0 Å². The first kappa shape index (κ1) is 45.6. The first-order chi connectivity index (χ1) is 25.0. The molecule has 1 aliphatic rings. The van der Waals surface area contributed by atoms with E-state index in [4.69, 9.17) is 15.5 Å². The summed E-state index contributed by atoms with van der Waals surface area (Å²) in [5, 5.41) is 22.9. The molecule has 0 radical (unpaired) electrons. The maximum absolute atomic E-state index is 14.0. The van der Waals surface area contributed by atoms with E-state index in [9.17, 15) is 43.2 Å². The summed E-state index contributed by atoms with van der Waals surface area (Å²) in [7, 11) is -4.79. The largest absolute Gasteiger partial charge is 0.524 e. The van der Waals surface area contributed by atoms with Crippen molar-refractivity contribution in [2.24, 2.45) is 17.6 Å². The highest BCUT2D eigenvalue weighted by Gasteiger charge is 2.40. The van der Waals surface area contributed by atoms with Crippen LogP contribution in [-0.4, -0.2) is 110 Å². The number of phosphoric acid groups is 1. The molecule has 302 valence electrons. The van der Waals surface area contributed by atoms with E-state index in [2.05, 4.69) is 31.1 Å². The smallest absolute Gasteiger partial charge is 0.404 e. The number of benzene rings is 1. The number of rotatable bonds is 19. The number of amides is 7. The van der Waals surface area contributed by atoms with Crippen molar-refractivity contribution >= 4 is 49.2 Å². The summed E-state index contributed by atoms with van der Waals surface area (Å²) >= 11 is 0. The molecule has 19 nitrogen and oxygen atoms in total. The molecule has 1 aromatic carbocycles. The summed E-state index contributed by atoms with van der Waals surface area (Å²) in [5.41, 5.74) is 5.87. The molecule has 0 bridgehead atoms. The molecule has 1 heterocycles. The molecule has 2 rings (SSSR count). The Hall–Kier alpha value is -4.58. The third kappa shape index (κ3) is 14.3. The quantitative estimate of drug-likeness (QED) is 0.0742. The molecule has 1 saturated heterocycles. The van der Waals surface area contributed by atoms with Crippen molar-refractivity contribution in [1.82, 2.24) is 31.5 Å². The predicted octanol–water partition coefficient (Wildman–Crippen LogP) is -1.28. The number of nitrogens with zero attached hydrogens (tertiary/aromatic N) is 1. The molecule has 0 spiro atoms. The Balaban J connectivity index is 2.17. The third-order valence-corrected chi connectivity index (χ3v) is 8.98. The summed E-state index contributed by atoms with van der Waals surface area (Å²) in [6.07, 6.45) is -0.530. The third-order valence-electron chi connectivity index (χ3n) is 8.53. The number of nitrogens with two attached hydrogens (primary N) is 1. The van der Waals surface area contributed by atoms with Gasteiger partial charge in [-0.05, 0) is 62.6 Å². The normalized spacial score (nSPS) is 17.7. The molecule has 0 saturated carbocycles. The highest BCUT2D eigenvalue weighted by Crippen LogP contribution is 2.37. The molecular weight excluding hydrogens is 729 g/mol. The fourth-order valence-electron chi connectivity index (χ4n) is 5.85. The van der Waals surface area contributed by atoms with Gasteiger partial charge in [-0.25, -0.2) is 4.57 Å². The highest BCUT2D eigenvalue weighted by molar-refractivity contribution is 7.46. The molecule has 1 aromatic rings. The summed E-state index contributed by atoms with van der Waals surface area (Å²) in [6.45, 7) is 11.0. The van der Waals surface area contributed by atoms with Gasteiger partial charge in [0.1, 0.15) is 42.0 Å². The van der Waals surface area contributed by atoms with E-state index in [0.717, 1.165) is 0 Å². The lowest BCUT2D eigenvalue weighted by molar-refractivity contribution is -0.143. The number of likely N-dealkylation sites (tertiary alicyclic amines) is 1. The minimum Gasteiger partial charge on any atom is -0.404 e. The van der Waals surface area contributed by atoms with Crippen LogP contribution in [0, 0.1) is 11.8 Å². The number of carbonyl (C=O) groups excluding carboxylic acids is 7. The van der Waals surface area contributed by atoms with Gasteiger partial charge in [-0.15, -0.1) is 0 Å². The molecule has 20 heteroatoms. The van der Waals surface area contributed by atoms with E-state index in [1.165, 1.54) is 49.9 Å². The number of hydrogen-bond donors (Lipinski definition) is 9. The fourth-order valence-corrected chi connectivity index (χ4v) is 6.25. The van der Waals surface area contributed by atoms with Crippen LogP contribution >= 0.6 is 7.82 Å². The second kappa shape index (κ2) is 20.2. The molecule has 1 fully saturated rings. The van der Waals surface area contributed by atoms with Gasteiger partial charge in [0, 0.05) is 19.9 Å². The van der Waals surface area contributed by atoms with Crippen molar-refractivity contribution in [3.05, 3.63) is 29.8 Å². The van der Waals surface area contributed by atoms with Crippen LogP contribution in [0.15, 0.2) is 24.3 Å². The average Bonchev–Trinajstić information content (AvgIpc) is 3.54. The number of phosphoric ester groups is 1. The van der Waals surface area contributed by atoms with E-state index in [1.54, 1.807) is 13.8 Å². The second-order valence-corrected chi connectivity index (χ2v) is 15.3. The standard InChI is InChI=1S/C34H54N7O12P/c1-17(2)15-25(38-31(46)24(37-21(7)43)16-22-10-12-23(13-11-22)53-54(50,51)52)34(49)41-14-8-9-26(41)32(47)36-19(5)30(45)40-28(20(6)42)33(48)39-27(18(3)4)29(35)44/h10-13,17-20,24-28,42H,8-9,14-16H2,1-7H3,(H2,35,44)(H,36,47)(H,37,43)(H,38,46)(H,39,48)(H,40,45)(H2,50,51,52)/t19-,20?,24-,25-,26-,27-,28-/m0/s1. The lowest BCUT2D eigenvalue weighted by atomic mass is 10.00. The molecule has 10 N–H and O–H groups in total. The van der Waals surface area contributed by atoms with Gasteiger partial charge in [-0.1, -0.05) is 39.8 Å². The number of nitrogens with one attached hydrogen (secondary N) is 5. The van der Waals surface area contributed by atoms with Crippen LogP contribution in [-0.2, 0) is 44.5 Å². The SMILES string of the molecule is CC(=O)N[C@@H](Cc1ccc(OP(=O)(O)O)cc1)C(=O)N[C@@H](CC(C)C)C(=O)N1CCC[C@H]1C(=O)N[C@@H](C)C(=O)N[C@H](C(=O)N[C@H](C(N)=O)C(C)C)C(C)O. The zero-order valence-corrected chi connectivity index (χ0v) is 32.4. The van der Waals surface area contributed by atoms with E-state index in [1.807, 2.05) is 13.8 Å². The number of primary amides is 1. The van der Waals surface area contributed by atoms with Crippen molar-refractivity contribution in [2.45, 2.75) is 117 Å². The molecule has 0 aliphatic carbocycles. The summed E-state index contributed by atoms with van der Waals surface area (Å²) in [5.74, 6) is -5.45. The number of aliphatic hydroxyl groups is 1. The van der Waals surface area contributed by atoms with Crippen LogP contribution in [0.5, 0.6) is 5.75 Å². The van der Waals surface area contributed by atoms with Gasteiger partial charge >= 0.3 is 7.82 Å². The topological polar surface area (TPSA) is 296 Å². The number of hydrogen-bond acceptors (Lipinski definition) is 10. The maximum Gasteiger partial charge on any atom is 0.524 e. The second-order valence-electron chi connectivity index (χ2n) is 14.2. The summed E-state index contributed by atoms with van der Waals surface area (Å²) in [6, 6.07) is -1.49. The van der Waals surface area contributed by atoms with Gasteiger partial charge < -0.3 is 46.8 Å². The highest BCUT2D eigenvalue weighted by atomic mass is 31.2. The maximum atomic E-state index is 14.0. The minimum absolute atomic E-state index is 0.0417. The Morgan fingerprint density at radius 3 is 1.94 bits per heavy atom. The van der Waals surface area contributed by atoms with Crippen molar-refractivity contribution in [2.75, 3.05) is 6.54 Å². The lowest BCUT2D eigenvalue weighted by Gasteiger charge is -2.31. The molecule has 54 heavy (non-hydrogen) atoms. The number of aliphatic hydroxyl groups excluding tert-OH is 1. The zero-order valence-electron chi connectivity index (χ0n) is 31.5. The molecule has 0 aromatic heterocycles. The van der Waals surface area contributed by atoms with Crippen LogP contribution in [0.4, 0.5) is 0 Å². The monoisotopic (exact) mass is 783 g/mol. The molecule has 7 atom stereocenters. The summed E-state index contributed by atoms with van der Waals surface area (Å²) in [4.78, 5) is 110. The van der Waals surface area contributed by atoms with Crippen molar-refractivity contribution < 1.29 is 57.5 Å². The van der Waals surface area contributed by atoms with Gasteiger partial charge in [0.25, 0.3) is 0 Å². The van der Waals surface area contributed by atoms with Crippen molar-refractivity contribution in [3.63, 3.8) is 0 Å². The van der Waals surface area contributed by atoms with Crippen LogP contribution in [0.3, 0.4) is 0 Å². The predicted molar refractivity (Wildman–Crippen MR) is 194 cm³/mol. The van der Waals surface area contributed by atoms with Crippen molar-refractivity contribution in [3.8, 4) is 5.75 Å². The van der Waals surface area contributed by atoms with Crippen LogP contribution in [0.1, 0.15) is 73.3 Å². The Kier molecular flexibility index (Phi) is 17.0. The molecular formula is C34H54N7O12P. The van der Waals surface area contributed by atoms with E-state index in [-0.39, 0.29) is 43.4 Å². The minimum atomic E-state index is -4.79. The zero-order chi connectivity index (χ0) is 41.1. The van der Waals surface area contributed by atoms with Gasteiger partial charge in [-0.2, -0.15) is 0 Å². The molecule has 7 amide bonds. The summed E-state index contributed by atoms with van der Waals surface area (Å²) < 4.78 is 15.7. The van der Waals surface area contributed by atoms with Crippen molar-refractivity contribution in [1.29, 1.82) is 0 Å². The Morgan fingerprint density at radius 2 is 1.44 bits per heavy atom.